The lowest BCUT2D eigenvalue weighted by Crippen LogP contribution is -2.39. The van der Waals surface area contributed by atoms with Gasteiger partial charge >= 0.3 is 0 Å². The van der Waals surface area contributed by atoms with Crippen molar-refractivity contribution < 1.29 is 13.2 Å². The molecule has 0 saturated carbocycles. The summed E-state index contributed by atoms with van der Waals surface area (Å²) in [5.74, 6) is -0.163. The van der Waals surface area contributed by atoms with Gasteiger partial charge in [-0.3, -0.25) is 4.79 Å². The Morgan fingerprint density at radius 1 is 1.27 bits per heavy atom. The molecule has 0 rings (SSSR count). The highest BCUT2D eigenvalue weighted by molar-refractivity contribution is 7.89. The minimum atomic E-state index is -3.26. The van der Waals surface area contributed by atoms with Crippen molar-refractivity contribution in [3.05, 3.63) is 0 Å². The van der Waals surface area contributed by atoms with E-state index in [4.69, 9.17) is 0 Å². The lowest BCUT2D eigenvalue weighted by atomic mass is 10.4. The van der Waals surface area contributed by atoms with Crippen molar-refractivity contribution in [2.24, 2.45) is 0 Å². The SMILES string of the molecule is CCCNC(=O)CN(C)S(=O)(=O)CCC. The van der Waals surface area contributed by atoms with Crippen LogP contribution in [0.5, 0.6) is 0 Å². The standard InChI is InChI=1S/C9H20N2O3S/c1-4-6-10-9(12)8-11(3)15(13,14)7-5-2/h4-8H2,1-3H3,(H,10,12). The Kier molecular flexibility index (Phi) is 6.51. The average Bonchev–Trinajstić information content (AvgIpc) is 2.14. The van der Waals surface area contributed by atoms with Crippen molar-refractivity contribution in [1.82, 2.24) is 9.62 Å². The van der Waals surface area contributed by atoms with E-state index in [0.717, 1.165) is 10.7 Å². The Morgan fingerprint density at radius 2 is 1.87 bits per heavy atom. The number of hydrogen-bond acceptors (Lipinski definition) is 3. The van der Waals surface area contributed by atoms with E-state index in [2.05, 4.69) is 5.32 Å². The van der Waals surface area contributed by atoms with Gasteiger partial charge in [0.25, 0.3) is 0 Å². The molecule has 0 aliphatic rings. The van der Waals surface area contributed by atoms with Crippen molar-refractivity contribution in [3.8, 4) is 0 Å². The fourth-order valence-electron chi connectivity index (χ4n) is 1.03. The number of nitrogens with one attached hydrogen (secondary N) is 1. The molecule has 0 spiro atoms. The molecule has 1 amide bonds. The molecule has 90 valence electrons. The lowest BCUT2D eigenvalue weighted by Gasteiger charge is -2.15. The minimum absolute atomic E-state index is 0.0879. The van der Waals surface area contributed by atoms with Crippen LogP contribution >= 0.6 is 0 Å². The van der Waals surface area contributed by atoms with E-state index in [1.54, 1.807) is 6.92 Å². The number of nitrogens with zero attached hydrogens (tertiary/aromatic N) is 1. The van der Waals surface area contributed by atoms with Crippen LogP contribution in [0.1, 0.15) is 26.7 Å². The maximum Gasteiger partial charge on any atom is 0.235 e. The fraction of sp³-hybridized carbons (Fsp3) is 0.889. The summed E-state index contributed by atoms with van der Waals surface area (Å²) in [6, 6.07) is 0. The molecular weight excluding hydrogens is 216 g/mol. The van der Waals surface area contributed by atoms with E-state index in [0.29, 0.717) is 13.0 Å². The molecular formula is C9H20N2O3S. The predicted octanol–water partition coefficient (Wildman–Crippen LogP) is 0.184. The zero-order chi connectivity index (χ0) is 11.9. The number of carbonyl (C=O) groups excluding carboxylic acids is 1. The van der Waals surface area contributed by atoms with Crippen LogP contribution in [0.3, 0.4) is 0 Å². The summed E-state index contributed by atoms with van der Waals surface area (Å²) < 4.78 is 24.1. The van der Waals surface area contributed by atoms with E-state index in [9.17, 15) is 13.2 Å². The number of rotatable bonds is 7. The minimum Gasteiger partial charge on any atom is -0.355 e. The molecule has 0 atom stereocenters. The van der Waals surface area contributed by atoms with Crippen molar-refractivity contribution in [2.75, 3.05) is 25.9 Å². The third-order valence-electron chi connectivity index (χ3n) is 1.88. The Hall–Kier alpha value is -0.620. The van der Waals surface area contributed by atoms with Crippen molar-refractivity contribution in [2.45, 2.75) is 26.7 Å². The van der Waals surface area contributed by atoms with Crippen molar-refractivity contribution in [3.63, 3.8) is 0 Å². The summed E-state index contributed by atoms with van der Waals surface area (Å²) in [6.45, 7) is 4.23. The van der Waals surface area contributed by atoms with Gasteiger partial charge in [-0.25, -0.2) is 8.42 Å². The van der Waals surface area contributed by atoms with Gasteiger partial charge in [0, 0.05) is 13.6 Å². The fourth-order valence-corrected chi connectivity index (χ4v) is 2.18. The molecule has 1 N–H and O–H groups in total. The highest BCUT2D eigenvalue weighted by Crippen LogP contribution is 1.99. The van der Waals surface area contributed by atoms with Gasteiger partial charge in [0.2, 0.25) is 15.9 Å². The zero-order valence-electron chi connectivity index (χ0n) is 9.62. The third kappa shape index (κ3) is 5.74. The Balaban J connectivity index is 4.12. The maximum absolute atomic E-state index is 11.5. The second-order valence-electron chi connectivity index (χ2n) is 3.42. The van der Waals surface area contributed by atoms with Gasteiger partial charge < -0.3 is 5.32 Å². The topological polar surface area (TPSA) is 66.5 Å². The number of amides is 1. The van der Waals surface area contributed by atoms with Crippen LogP contribution in [0.25, 0.3) is 0 Å². The van der Waals surface area contributed by atoms with Crippen LogP contribution < -0.4 is 5.32 Å². The van der Waals surface area contributed by atoms with E-state index >= 15 is 0 Å². The Bertz CT molecular complexity index is 288. The summed E-state index contributed by atoms with van der Waals surface area (Å²) >= 11 is 0. The van der Waals surface area contributed by atoms with E-state index < -0.39 is 10.0 Å². The molecule has 0 aromatic rings. The Labute approximate surface area is 91.9 Å². The quantitative estimate of drug-likeness (QED) is 0.686. The first-order valence-corrected chi connectivity index (χ1v) is 6.75. The van der Waals surface area contributed by atoms with Crippen molar-refractivity contribution in [1.29, 1.82) is 0 Å². The number of likely N-dealkylation sites (N-methyl/N-ethyl adjacent to an activating group) is 1. The maximum atomic E-state index is 11.5. The second kappa shape index (κ2) is 6.79. The average molecular weight is 236 g/mol. The van der Waals surface area contributed by atoms with Gasteiger partial charge in [0.05, 0.1) is 12.3 Å². The molecule has 0 aliphatic carbocycles. The van der Waals surface area contributed by atoms with Crippen LogP contribution in [0.4, 0.5) is 0 Å². The second-order valence-corrected chi connectivity index (χ2v) is 5.62. The Morgan fingerprint density at radius 3 is 2.33 bits per heavy atom. The molecule has 0 heterocycles. The van der Waals surface area contributed by atoms with Gasteiger partial charge in [-0.15, -0.1) is 0 Å². The molecule has 0 aromatic carbocycles. The van der Waals surface area contributed by atoms with Gasteiger partial charge in [0.1, 0.15) is 0 Å². The zero-order valence-corrected chi connectivity index (χ0v) is 10.4. The summed E-state index contributed by atoms with van der Waals surface area (Å²) in [4.78, 5) is 11.2. The third-order valence-corrected chi connectivity index (χ3v) is 3.88. The molecule has 0 unspecified atom stereocenters. The highest BCUT2D eigenvalue weighted by Gasteiger charge is 2.18. The molecule has 0 aliphatic heterocycles. The predicted molar refractivity (Wildman–Crippen MR) is 60.0 cm³/mol. The molecule has 0 aromatic heterocycles. The van der Waals surface area contributed by atoms with Crippen LogP contribution in [0.2, 0.25) is 0 Å². The molecule has 6 heteroatoms. The normalized spacial score (nSPS) is 11.7. The van der Waals surface area contributed by atoms with Crippen LogP contribution in [-0.2, 0) is 14.8 Å². The summed E-state index contributed by atoms with van der Waals surface area (Å²) in [5, 5.41) is 2.63. The van der Waals surface area contributed by atoms with E-state index in [1.807, 2.05) is 6.92 Å². The molecule has 0 saturated heterocycles. The highest BCUT2D eigenvalue weighted by atomic mass is 32.2. The van der Waals surface area contributed by atoms with Crippen LogP contribution in [0.15, 0.2) is 0 Å². The number of hydrogen-bond donors (Lipinski definition) is 1. The molecule has 0 fully saturated rings. The first kappa shape index (κ1) is 14.4. The van der Waals surface area contributed by atoms with Gasteiger partial charge in [0.15, 0.2) is 0 Å². The smallest absolute Gasteiger partial charge is 0.235 e. The number of sulfonamides is 1. The van der Waals surface area contributed by atoms with Crippen LogP contribution in [-0.4, -0.2) is 44.5 Å². The van der Waals surface area contributed by atoms with Crippen LogP contribution in [0, 0.1) is 0 Å². The number of carbonyl (C=O) groups is 1. The summed E-state index contributed by atoms with van der Waals surface area (Å²) in [5.41, 5.74) is 0. The molecule has 5 nitrogen and oxygen atoms in total. The summed E-state index contributed by atoms with van der Waals surface area (Å²) in [7, 11) is -1.83. The van der Waals surface area contributed by atoms with Gasteiger partial charge in [-0.05, 0) is 12.8 Å². The first-order valence-electron chi connectivity index (χ1n) is 5.14. The summed E-state index contributed by atoms with van der Waals surface area (Å²) in [6.07, 6.45) is 1.40. The van der Waals surface area contributed by atoms with Gasteiger partial charge in [-0.1, -0.05) is 13.8 Å². The van der Waals surface area contributed by atoms with Crippen molar-refractivity contribution >= 4 is 15.9 Å². The molecule has 0 radical (unpaired) electrons. The monoisotopic (exact) mass is 236 g/mol. The largest absolute Gasteiger partial charge is 0.355 e. The van der Waals surface area contributed by atoms with E-state index in [-0.39, 0.29) is 18.2 Å². The van der Waals surface area contributed by atoms with Gasteiger partial charge in [-0.2, -0.15) is 4.31 Å². The first-order chi connectivity index (χ1) is 6.94. The molecule has 0 bridgehead atoms. The van der Waals surface area contributed by atoms with E-state index in [1.165, 1.54) is 7.05 Å². The molecule has 15 heavy (non-hydrogen) atoms. The lowest BCUT2D eigenvalue weighted by molar-refractivity contribution is -0.121.